The maximum absolute atomic E-state index is 10.7. The Kier molecular flexibility index (Phi) is 4.14. The molecule has 14 heavy (non-hydrogen) atoms. The van der Waals surface area contributed by atoms with Crippen molar-refractivity contribution in [3.63, 3.8) is 0 Å². The van der Waals surface area contributed by atoms with E-state index in [2.05, 4.69) is 0 Å². The van der Waals surface area contributed by atoms with Gasteiger partial charge in [0, 0.05) is 17.1 Å². The number of nitriles is 1. The van der Waals surface area contributed by atoms with E-state index in [9.17, 15) is 4.21 Å². The summed E-state index contributed by atoms with van der Waals surface area (Å²) in [5.41, 5.74) is 0.608. The molecule has 1 atom stereocenters. The van der Waals surface area contributed by atoms with Crippen molar-refractivity contribution in [2.45, 2.75) is 0 Å². The van der Waals surface area contributed by atoms with Gasteiger partial charge in [-0.05, 0) is 24.3 Å². The summed E-state index contributed by atoms with van der Waals surface area (Å²) < 4.78 is 16.0. The fourth-order valence-electron chi connectivity index (χ4n) is 0.903. The molecule has 0 saturated carbocycles. The highest BCUT2D eigenvalue weighted by Gasteiger charge is 1.95. The van der Waals surface area contributed by atoms with Crippen LogP contribution in [-0.2, 0) is 10.8 Å². The van der Waals surface area contributed by atoms with Crippen LogP contribution in [0.1, 0.15) is 5.56 Å². The van der Waals surface area contributed by atoms with E-state index in [-0.39, 0.29) is 0 Å². The van der Waals surface area contributed by atoms with E-state index in [4.69, 9.17) is 10.00 Å². The maximum Gasteiger partial charge on any atom is 0.119 e. The zero-order valence-corrected chi connectivity index (χ0v) is 8.71. The largest absolute Gasteiger partial charge is 0.493 e. The Balaban J connectivity index is 2.45. The number of rotatable bonds is 4. The zero-order chi connectivity index (χ0) is 10.4. The highest BCUT2D eigenvalue weighted by Crippen LogP contribution is 2.11. The molecule has 0 amide bonds. The van der Waals surface area contributed by atoms with Gasteiger partial charge in [-0.15, -0.1) is 0 Å². The predicted octanol–water partition coefficient (Wildman–Crippen LogP) is 1.32. The van der Waals surface area contributed by atoms with Crippen molar-refractivity contribution >= 4 is 10.8 Å². The van der Waals surface area contributed by atoms with Gasteiger partial charge in [0.2, 0.25) is 0 Å². The van der Waals surface area contributed by atoms with Crippen molar-refractivity contribution in [1.82, 2.24) is 0 Å². The van der Waals surface area contributed by atoms with Crippen LogP contribution in [0.2, 0.25) is 0 Å². The first-order valence-corrected chi connectivity index (χ1v) is 5.88. The van der Waals surface area contributed by atoms with E-state index < -0.39 is 10.8 Å². The summed E-state index contributed by atoms with van der Waals surface area (Å²) in [6, 6.07) is 8.88. The van der Waals surface area contributed by atoms with Crippen LogP contribution in [0, 0.1) is 11.3 Å². The van der Waals surface area contributed by atoms with Crippen molar-refractivity contribution in [3.8, 4) is 11.8 Å². The maximum atomic E-state index is 10.7. The third kappa shape index (κ3) is 3.58. The lowest BCUT2D eigenvalue weighted by atomic mass is 10.2. The molecule has 1 aromatic rings. The molecule has 0 aliphatic heterocycles. The molecule has 0 bridgehead atoms. The van der Waals surface area contributed by atoms with E-state index in [1.807, 2.05) is 6.07 Å². The third-order valence-electron chi connectivity index (χ3n) is 1.62. The fourth-order valence-corrected chi connectivity index (χ4v) is 1.22. The molecule has 1 rings (SSSR count). The SMILES string of the molecule is CS(=O)CCOc1ccc(C#N)cc1. The van der Waals surface area contributed by atoms with Gasteiger partial charge in [0.1, 0.15) is 5.75 Å². The topological polar surface area (TPSA) is 50.1 Å². The lowest BCUT2D eigenvalue weighted by Gasteiger charge is -2.03. The normalized spacial score (nSPS) is 11.7. The Bertz CT molecular complexity index is 353. The van der Waals surface area contributed by atoms with Crippen LogP contribution in [0.5, 0.6) is 5.75 Å². The summed E-state index contributed by atoms with van der Waals surface area (Å²) >= 11 is 0. The molecule has 0 aliphatic rings. The average molecular weight is 209 g/mol. The Labute approximate surface area is 85.8 Å². The van der Waals surface area contributed by atoms with Crippen LogP contribution in [0.15, 0.2) is 24.3 Å². The van der Waals surface area contributed by atoms with Gasteiger partial charge in [0.15, 0.2) is 0 Å². The van der Waals surface area contributed by atoms with E-state index in [1.54, 1.807) is 30.5 Å². The lowest BCUT2D eigenvalue weighted by Crippen LogP contribution is -2.06. The summed E-state index contributed by atoms with van der Waals surface area (Å²) in [5.74, 6) is 1.23. The smallest absolute Gasteiger partial charge is 0.119 e. The van der Waals surface area contributed by atoms with Crippen LogP contribution in [0.4, 0.5) is 0 Å². The number of ether oxygens (including phenoxy) is 1. The van der Waals surface area contributed by atoms with Gasteiger partial charge in [-0.1, -0.05) is 0 Å². The number of hydrogen-bond donors (Lipinski definition) is 0. The molecule has 0 N–H and O–H groups in total. The molecule has 1 unspecified atom stereocenters. The van der Waals surface area contributed by atoms with Gasteiger partial charge in [0.05, 0.1) is 24.0 Å². The third-order valence-corrected chi connectivity index (χ3v) is 2.36. The summed E-state index contributed by atoms with van der Waals surface area (Å²) in [6.07, 6.45) is 1.64. The number of benzene rings is 1. The molecule has 0 spiro atoms. The molecule has 4 heteroatoms. The van der Waals surface area contributed by atoms with Gasteiger partial charge in [0.25, 0.3) is 0 Å². The van der Waals surface area contributed by atoms with Crippen LogP contribution in [-0.4, -0.2) is 22.8 Å². The second-order valence-corrected chi connectivity index (χ2v) is 4.32. The van der Waals surface area contributed by atoms with Crippen LogP contribution in [0.3, 0.4) is 0 Å². The van der Waals surface area contributed by atoms with E-state index in [1.165, 1.54) is 0 Å². The summed E-state index contributed by atoms with van der Waals surface area (Å²) in [4.78, 5) is 0. The molecular formula is C10H11NO2S. The molecule has 0 aromatic heterocycles. The Morgan fingerprint density at radius 1 is 1.43 bits per heavy atom. The molecule has 0 radical (unpaired) electrons. The standard InChI is InChI=1S/C10H11NO2S/c1-14(12)7-6-13-10-4-2-9(8-11)3-5-10/h2-5H,6-7H2,1H3. The van der Waals surface area contributed by atoms with Crippen LogP contribution < -0.4 is 4.74 Å². The minimum atomic E-state index is -0.823. The summed E-state index contributed by atoms with van der Waals surface area (Å²) in [6.45, 7) is 0.439. The van der Waals surface area contributed by atoms with Gasteiger partial charge in [-0.2, -0.15) is 5.26 Å². The first-order chi connectivity index (χ1) is 6.72. The highest BCUT2D eigenvalue weighted by molar-refractivity contribution is 7.84. The molecule has 0 fully saturated rings. The molecule has 3 nitrogen and oxygen atoms in total. The van der Waals surface area contributed by atoms with Gasteiger partial charge < -0.3 is 4.74 Å². The Morgan fingerprint density at radius 3 is 2.57 bits per heavy atom. The van der Waals surface area contributed by atoms with Gasteiger partial charge in [-0.3, -0.25) is 4.21 Å². The van der Waals surface area contributed by atoms with Crippen molar-refractivity contribution in [2.24, 2.45) is 0 Å². The Hall–Kier alpha value is -1.34. The van der Waals surface area contributed by atoms with E-state index >= 15 is 0 Å². The van der Waals surface area contributed by atoms with Gasteiger partial charge >= 0.3 is 0 Å². The number of hydrogen-bond acceptors (Lipinski definition) is 3. The van der Waals surface area contributed by atoms with E-state index in [0.717, 1.165) is 0 Å². The average Bonchev–Trinajstić information content (AvgIpc) is 2.18. The lowest BCUT2D eigenvalue weighted by molar-refractivity contribution is 0.343. The second-order valence-electron chi connectivity index (χ2n) is 2.76. The fraction of sp³-hybridized carbons (Fsp3) is 0.300. The minimum absolute atomic E-state index is 0.439. The van der Waals surface area contributed by atoms with Gasteiger partial charge in [-0.25, -0.2) is 0 Å². The van der Waals surface area contributed by atoms with Crippen molar-refractivity contribution in [1.29, 1.82) is 5.26 Å². The predicted molar refractivity (Wildman–Crippen MR) is 55.6 cm³/mol. The number of nitrogens with zero attached hydrogens (tertiary/aromatic N) is 1. The first kappa shape index (κ1) is 10.7. The summed E-state index contributed by atoms with van der Waals surface area (Å²) in [5, 5.41) is 8.55. The second kappa shape index (κ2) is 5.40. The molecule has 0 heterocycles. The van der Waals surface area contributed by atoms with Crippen molar-refractivity contribution in [2.75, 3.05) is 18.6 Å². The van der Waals surface area contributed by atoms with Crippen molar-refractivity contribution in [3.05, 3.63) is 29.8 Å². The molecule has 0 aliphatic carbocycles. The highest BCUT2D eigenvalue weighted by atomic mass is 32.2. The monoisotopic (exact) mass is 209 g/mol. The molecule has 0 saturated heterocycles. The van der Waals surface area contributed by atoms with E-state index in [0.29, 0.717) is 23.7 Å². The first-order valence-electron chi connectivity index (χ1n) is 4.15. The quantitative estimate of drug-likeness (QED) is 0.751. The zero-order valence-electron chi connectivity index (χ0n) is 7.90. The summed E-state index contributed by atoms with van der Waals surface area (Å²) in [7, 11) is -0.823. The molecule has 74 valence electrons. The molecular weight excluding hydrogens is 198 g/mol. The molecule has 1 aromatic carbocycles. The van der Waals surface area contributed by atoms with Crippen LogP contribution in [0.25, 0.3) is 0 Å². The van der Waals surface area contributed by atoms with Crippen LogP contribution >= 0.6 is 0 Å². The Morgan fingerprint density at radius 2 is 2.07 bits per heavy atom. The minimum Gasteiger partial charge on any atom is -0.493 e. The van der Waals surface area contributed by atoms with Crippen molar-refractivity contribution < 1.29 is 8.95 Å².